The summed E-state index contributed by atoms with van der Waals surface area (Å²) in [7, 11) is 0. The van der Waals surface area contributed by atoms with E-state index in [1.54, 1.807) is 12.1 Å². The van der Waals surface area contributed by atoms with Crippen molar-refractivity contribution in [1.82, 2.24) is 5.43 Å². The Bertz CT molecular complexity index is 745. The van der Waals surface area contributed by atoms with Gasteiger partial charge in [-0.2, -0.15) is 5.10 Å². The molecule has 0 radical (unpaired) electrons. The molecule has 0 saturated heterocycles. The molecule has 2 rings (SSSR count). The summed E-state index contributed by atoms with van der Waals surface area (Å²) in [5.41, 5.74) is 3.95. The van der Waals surface area contributed by atoms with Gasteiger partial charge in [-0.3, -0.25) is 4.79 Å². The van der Waals surface area contributed by atoms with Crippen LogP contribution in [0.5, 0.6) is 17.2 Å². The summed E-state index contributed by atoms with van der Waals surface area (Å²) in [6, 6.07) is 12.2. The van der Waals surface area contributed by atoms with E-state index < -0.39 is 0 Å². The Morgan fingerprint density at radius 1 is 1.12 bits per heavy atom. The van der Waals surface area contributed by atoms with Crippen LogP contribution in [0.15, 0.2) is 47.6 Å². The lowest BCUT2D eigenvalue weighted by atomic mass is 10.2. The first kappa shape index (κ1) is 19.1. The third-order valence-electron chi connectivity index (χ3n) is 3.30. The van der Waals surface area contributed by atoms with Crippen molar-refractivity contribution in [3.05, 3.63) is 48.0 Å². The molecule has 0 bridgehead atoms. The van der Waals surface area contributed by atoms with Crippen LogP contribution < -0.4 is 20.2 Å². The minimum atomic E-state index is -0.279. The zero-order chi connectivity index (χ0) is 18.8. The summed E-state index contributed by atoms with van der Waals surface area (Å²) in [6.45, 7) is 4.90. The average molecular weight is 357 g/mol. The highest BCUT2D eigenvalue weighted by molar-refractivity contribution is 5.84. The van der Waals surface area contributed by atoms with Crippen LogP contribution in [0.1, 0.15) is 19.4 Å². The maximum Gasteiger partial charge on any atom is 0.259 e. The number of carbonyl (C=O) groups is 1. The van der Waals surface area contributed by atoms with E-state index in [0.717, 1.165) is 11.4 Å². The van der Waals surface area contributed by atoms with Crippen LogP contribution in [-0.4, -0.2) is 37.0 Å². The van der Waals surface area contributed by atoms with Gasteiger partial charge >= 0.3 is 0 Å². The molecule has 0 aliphatic heterocycles. The standard InChI is InChI=1S/C19H23N3O4/c1-3-25-16-8-6-15(7-9-16)20-13-19(24)22-21-12-14-5-10-17(23)18(11-14)26-4-2/h5-12,20,23H,3-4,13H2,1-2H3,(H,22,24)/b21-12-. The van der Waals surface area contributed by atoms with Crippen LogP contribution in [0.3, 0.4) is 0 Å². The summed E-state index contributed by atoms with van der Waals surface area (Å²) in [6.07, 6.45) is 1.48. The molecule has 3 N–H and O–H groups in total. The molecule has 2 aromatic carbocycles. The van der Waals surface area contributed by atoms with Crippen LogP contribution >= 0.6 is 0 Å². The number of nitrogens with one attached hydrogen (secondary N) is 2. The van der Waals surface area contributed by atoms with E-state index in [9.17, 15) is 9.90 Å². The predicted octanol–water partition coefficient (Wildman–Crippen LogP) is 2.75. The maximum atomic E-state index is 11.8. The van der Waals surface area contributed by atoms with Crippen molar-refractivity contribution >= 4 is 17.8 Å². The molecule has 0 heterocycles. The number of rotatable bonds is 9. The number of phenols is 1. The summed E-state index contributed by atoms with van der Waals surface area (Å²) >= 11 is 0. The van der Waals surface area contributed by atoms with Crippen LogP contribution in [0, 0.1) is 0 Å². The molecule has 0 unspecified atom stereocenters. The van der Waals surface area contributed by atoms with Gasteiger partial charge in [0.1, 0.15) is 5.75 Å². The zero-order valence-electron chi connectivity index (χ0n) is 14.9. The van der Waals surface area contributed by atoms with Gasteiger partial charge in [0.25, 0.3) is 5.91 Å². The maximum absolute atomic E-state index is 11.8. The SMILES string of the molecule is CCOc1ccc(NCC(=O)N/N=C\c2ccc(O)c(OCC)c2)cc1. The Hall–Kier alpha value is -3.22. The van der Waals surface area contributed by atoms with Gasteiger partial charge in [0.15, 0.2) is 11.5 Å². The Kier molecular flexibility index (Phi) is 7.30. The average Bonchev–Trinajstić information content (AvgIpc) is 2.64. The highest BCUT2D eigenvalue weighted by Gasteiger charge is 2.03. The highest BCUT2D eigenvalue weighted by atomic mass is 16.5. The third kappa shape index (κ3) is 6.01. The number of ether oxygens (including phenoxy) is 2. The fourth-order valence-corrected chi connectivity index (χ4v) is 2.12. The zero-order valence-corrected chi connectivity index (χ0v) is 14.9. The predicted molar refractivity (Wildman–Crippen MR) is 101 cm³/mol. The van der Waals surface area contributed by atoms with Crippen molar-refractivity contribution in [1.29, 1.82) is 0 Å². The van der Waals surface area contributed by atoms with Gasteiger partial charge in [0.2, 0.25) is 0 Å². The van der Waals surface area contributed by atoms with Gasteiger partial charge in [0, 0.05) is 5.69 Å². The topological polar surface area (TPSA) is 92.2 Å². The van der Waals surface area contributed by atoms with Gasteiger partial charge in [0.05, 0.1) is 26.0 Å². The second kappa shape index (κ2) is 9.93. The molecule has 0 saturated carbocycles. The fourth-order valence-electron chi connectivity index (χ4n) is 2.12. The third-order valence-corrected chi connectivity index (χ3v) is 3.30. The molecule has 7 heteroatoms. The molecule has 1 amide bonds. The van der Waals surface area contributed by atoms with Crippen molar-refractivity contribution in [2.45, 2.75) is 13.8 Å². The van der Waals surface area contributed by atoms with Crippen LogP contribution in [0.4, 0.5) is 5.69 Å². The molecule has 0 atom stereocenters. The molecule has 0 aliphatic carbocycles. The van der Waals surface area contributed by atoms with E-state index >= 15 is 0 Å². The lowest BCUT2D eigenvalue weighted by Crippen LogP contribution is -2.25. The number of hydrogen-bond donors (Lipinski definition) is 3. The lowest BCUT2D eigenvalue weighted by Gasteiger charge is -2.07. The summed E-state index contributed by atoms with van der Waals surface area (Å²) in [4.78, 5) is 11.8. The lowest BCUT2D eigenvalue weighted by molar-refractivity contribution is -0.119. The van der Waals surface area contributed by atoms with Gasteiger partial charge in [-0.25, -0.2) is 5.43 Å². The van der Waals surface area contributed by atoms with Crippen LogP contribution in [0.25, 0.3) is 0 Å². The number of hydrogen-bond acceptors (Lipinski definition) is 6. The molecular weight excluding hydrogens is 334 g/mol. The quantitative estimate of drug-likeness (QED) is 0.474. The van der Waals surface area contributed by atoms with Gasteiger partial charge in [-0.1, -0.05) is 0 Å². The summed E-state index contributed by atoms with van der Waals surface area (Å²) in [5.74, 6) is 0.943. The van der Waals surface area contributed by atoms with Crippen LogP contribution in [-0.2, 0) is 4.79 Å². The Morgan fingerprint density at radius 2 is 1.85 bits per heavy atom. The number of aromatic hydroxyl groups is 1. The molecule has 0 aliphatic rings. The van der Waals surface area contributed by atoms with Gasteiger partial charge < -0.3 is 19.9 Å². The monoisotopic (exact) mass is 357 g/mol. The molecule has 0 fully saturated rings. The van der Waals surface area contributed by atoms with E-state index in [2.05, 4.69) is 15.8 Å². The van der Waals surface area contributed by atoms with Gasteiger partial charge in [-0.15, -0.1) is 0 Å². The number of benzene rings is 2. The van der Waals surface area contributed by atoms with E-state index in [4.69, 9.17) is 9.47 Å². The molecule has 138 valence electrons. The second-order valence-corrected chi connectivity index (χ2v) is 5.26. The van der Waals surface area contributed by atoms with E-state index in [-0.39, 0.29) is 18.2 Å². The molecular formula is C19H23N3O4. The molecule has 26 heavy (non-hydrogen) atoms. The summed E-state index contributed by atoms with van der Waals surface area (Å²) < 4.78 is 10.7. The summed E-state index contributed by atoms with van der Waals surface area (Å²) in [5, 5.41) is 16.6. The number of phenolic OH excluding ortho intramolecular Hbond substituents is 1. The van der Waals surface area contributed by atoms with Crippen molar-refractivity contribution in [3.8, 4) is 17.2 Å². The number of carbonyl (C=O) groups excluding carboxylic acids is 1. The van der Waals surface area contributed by atoms with Crippen molar-refractivity contribution < 1.29 is 19.4 Å². The van der Waals surface area contributed by atoms with E-state index in [1.165, 1.54) is 12.3 Å². The Morgan fingerprint density at radius 3 is 2.54 bits per heavy atom. The van der Waals surface area contributed by atoms with E-state index in [0.29, 0.717) is 24.5 Å². The van der Waals surface area contributed by atoms with Crippen molar-refractivity contribution in [3.63, 3.8) is 0 Å². The number of anilines is 1. The Labute approximate surface area is 152 Å². The molecule has 0 spiro atoms. The fraction of sp³-hybridized carbons (Fsp3) is 0.263. The number of hydrazone groups is 1. The smallest absolute Gasteiger partial charge is 0.259 e. The molecule has 0 aromatic heterocycles. The minimum absolute atomic E-state index is 0.0626. The molecule has 7 nitrogen and oxygen atoms in total. The minimum Gasteiger partial charge on any atom is -0.504 e. The first-order valence-electron chi connectivity index (χ1n) is 8.36. The van der Waals surface area contributed by atoms with E-state index in [1.807, 2.05) is 38.1 Å². The largest absolute Gasteiger partial charge is 0.504 e. The highest BCUT2D eigenvalue weighted by Crippen LogP contribution is 2.26. The number of nitrogens with zero attached hydrogens (tertiary/aromatic N) is 1. The Balaban J connectivity index is 1.81. The van der Waals surface area contributed by atoms with Crippen LogP contribution in [0.2, 0.25) is 0 Å². The second-order valence-electron chi connectivity index (χ2n) is 5.26. The van der Waals surface area contributed by atoms with Crippen molar-refractivity contribution in [2.24, 2.45) is 5.10 Å². The first-order valence-corrected chi connectivity index (χ1v) is 8.36. The normalized spacial score (nSPS) is 10.5. The number of amides is 1. The molecule has 2 aromatic rings. The first-order chi connectivity index (χ1) is 12.6. The van der Waals surface area contributed by atoms with Gasteiger partial charge in [-0.05, 0) is 61.9 Å². The van der Waals surface area contributed by atoms with Crippen molar-refractivity contribution in [2.75, 3.05) is 25.1 Å².